The maximum atomic E-state index is 12.0. The molecule has 19 heavy (non-hydrogen) atoms. The molecule has 1 N–H and O–H groups in total. The predicted molar refractivity (Wildman–Crippen MR) is 79.8 cm³/mol. The number of rotatable bonds is 4. The Morgan fingerprint density at radius 3 is 2.26 bits per heavy atom. The van der Waals surface area contributed by atoms with E-state index in [1.54, 1.807) is 0 Å². The molecule has 1 fully saturated rings. The first-order valence-electron chi connectivity index (χ1n) is 7.15. The van der Waals surface area contributed by atoms with Gasteiger partial charge in [0.15, 0.2) is 0 Å². The van der Waals surface area contributed by atoms with Crippen molar-refractivity contribution in [2.24, 2.45) is 0 Å². The Balaban J connectivity index is 1.96. The molecule has 4 nitrogen and oxygen atoms in total. The van der Waals surface area contributed by atoms with Gasteiger partial charge in [-0.05, 0) is 51.0 Å². The van der Waals surface area contributed by atoms with Crippen molar-refractivity contribution in [3.05, 3.63) is 24.3 Å². The van der Waals surface area contributed by atoms with Crippen LogP contribution >= 0.6 is 0 Å². The molecule has 0 unspecified atom stereocenters. The molecule has 1 heterocycles. The van der Waals surface area contributed by atoms with E-state index in [2.05, 4.69) is 36.2 Å². The molecule has 4 heteroatoms. The van der Waals surface area contributed by atoms with Crippen molar-refractivity contribution in [1.29, 1.82) is 0 Å². The number of nitrogens with zero attached hydrogens (tertiary/aromatic N) is 2. The van der Waals surface area contributed by atoms with Crippen molar-refractivity contribution >= 4 is 17.4 Å². The fraction of sp³-hybridized carbons (Fsp3) is 0.533. The molecular weight excluding hydrogens is 238 g/mol. The zero-order valence-corrected chi connectivity index (χ0v) is 11.9. The molecule has 0 radical (unpaired) electrons. The SMILES string of the molecule is CCN(CC)c1ccc(NC(=O)N2CCCC2)cc1. The first-order valence-corrected chi connectivity index (χ1v) is 7.15. The highest BCUT2D eigenvalue weighted by Gasteiger charge is 2.17. The van der Waals surface area contributed by atoms with E-state index >= 15 is 0 Å². The highest BCUT2D eigenvalue weighted by atomic mass is 16.2. The summed E-state index contributed by atoms with van der Waals surface area (Å²) in [5, 5.41) is 2.95. The number of benzene rings is 1. The quantitative estimate of drug-likeness (QED) is 0.903. The number of amides is 2. The standard InChI is InChI=1S/C15H23N3O/c1-3-17(4-2)14-9-7-13(8-10-14)16-15(19)18-11-5-6-12-18/h7-10H,3-6,11-12H2,1-2H3,(H,16,19). The number of hydrogen-bond acceptors (Lipinski definition) is 2. The third-order valence-electron chi connectivity index (χ3n) is 3.64. The van der Waals surface area contributed by atoms with Crippen LogP contribution in [0.4, 0.5) is 16.2 Å². The lowest BCUT2D eigenvalue weighted by Gasteiger charge is -2.21. The number of hydrogen-bond donors (Lipinski definition) is 1. The van der Waals surface area contributed by atoms with Gasteiger partial charge in [0.05, 0.1) is 0 Å². The number of carbonyl (C=O) groups excluding carboxylic acids is 1. The van der Waals surface area contributed by atoms with Crippen LogP contribution in [0, 0.1) is 0 Å². The number of likely N-dealkylation sites (tertiary alicyclic amines) is 1. The summed E-state index contributed by atoms with van der Waals surface area (Å²) in [4.78, 5) is 16.1. The van der Waals surface area contributed by atoms with Crippen LogP contribution in [0.5, 0.6) is 0 Å². The average Bonchev–Trinajstić information content (AvgIpc) is 2.96. The fourth-order valence-corrected chi connectivity index (χ4v) is 2.47. The largest absolute Gasteiger partial charge is 0.372 e. The van der Waals surface area contributed by atoms with E-state index in [0.717, 1.165) is 44.7 Å². The van der Waals surface area contributed by atoms with E-state index in [9.17, 15) is 4.79 Å². The third-order valence-corrected chi connectivity index (χ3v) is 3.64. The molecule has 104 valence electrons. The van der Waals surface area contributed by atoms with Gasteiger partial charge >= 0.3 is 6.03 Å². The second-order valence-corrected chi connectivity index (χ2v) is 4.84. The van der Waals surface area contributed by atoms with Crippen molar-refractivity contribution in [3.8, 4) is 0 Å². The van der Waals surface area contributed by atoms with Crippen LogP contribution in [-0.2, 0) is 0 Å². The van der Waals surface area contributed by atoms with Gasteiger partial charge < -0.3 is 15.1 Å². The summed E-state index contributed by atoms with van der Waals surface area (Å²) < 4.78 is 0. The van der Waals surface area contributed by atoms with E-state index in [0.29, 0.717) is 0 Å². The van der Waals surface area contributed by atoms with Crippen LogP contribution in [0.15, 0.2) is 24.3 Å². The van der Waals surface area contributed by atoms with Crippen molar-refractivity contribution < 1.29 is 4.79 Å². The van der Waals surface area contributed by atoms with E-state index in [4.69, 9.17) is 0 Å². The van der Waals surface area contributed by atoms with Crippen LogP contribution in [0.1, 0.15) is 26.7 Å². The Morgan fingerprint density at radius 2 is 1.74 bits per heavy atom. The minimum absolute atomic E-state index is 0.0214. The molecule has 1 aliphatic heterocycles. The lowest BCUT2D eigenvalue weighted by molar-refractivity contribution is 0.222. The van der Waals surface area contributed by atoms with Gasteiger partial charge in [-0.25, -0.2) is 4.79 Å². The van der Waals surface area contributed by atoms with E-state index in [-0.39, 0.29) is 6.03 Å². The van der Waals surface area contributed by atoms with Gasteiger partial charge in [-0.1, -0.05) is 0 Å². The molecule has 1 aliphatic rings. The summed E-state index contributed by atoms with van der Waals surface area (Å²) in [6.45, 7) is 8.04. The number of nitrogens with one attached hydrogen (secondary N) is 1. The lowest BCUT2D eigenvalue weighted by atomic mass is 10.2. The van der Waals surface area contributed by atoms with Crippen molar-refractivity contribution in [2.45, 2.75) is 26.7 Å². The van der Waals surface area contributed by atoms with Crippen molar-refractivity contribution in [1.82, 2.24) is 4.90 Å². The van der Waals surface area contributed by atoms with Crippen molar-refractivity contribution in [3.63, 3.8) is 0 Å². The molecule has 2 rings (SSSR count). The minimum atomic E-state index is 0.0214. The predicted octanol–water partition coefficient (Wildman–Crippen LogP) is 3.16. The van der Waals surface area contributed by atoms with Gasteiger partial charge in [-0.2, -0.15) is 0 Å². The second-order valence-electron chi connectivity index (χ2n) is 4.84. The van der Waals surface area contributed by atoms with Crippen molar-refractivity contribution in [2.75, 3.05) is 36.4 Å². The first-order chi connectivity index (χ1) is 9.24. The molecule has 0 spiro atoms. The monoisotopic (exact) mass is 261 g/mol. The van der Waals surface area contributed by atoms with Gasteiger partial charge in [0.1, 0.15) is 0 Å². The highest BCUT2D eigenvalue weighted by molar-refractivity contribution is 5.89. The molecule has 2 amide bonds. The zero-order valence-electron chi connectivity index (χ0n) is 11.9. The normalized spacial score (nSPS) is 14.5. The number of urea groups is 1. The van der Waals surface area contributed by atoms with Gasteiger partial charge in [0, 0.05) is 37.6 Å². The number of carbonyl (C=O) groups is 1. The zero-order chi connectivity index (χ0) is 13.7. The molecule has 1 saturated heterocycles. The maximum absolute atomic E-state index is 12.0. The summed E-state index contributed by atoms with van der Waals surface area (Å²) >= 11 is 0. The summed E-state index contributed by atoms with van der Waals surface area (Å²) in [7, 11) is 0. The molecule has 1 aromatic carbocycles. The lowest BCUT2D eigenvalue weighted by Crippen LogP contribution is -2.32. The Morgan fingerprint density at radius 1 is 1.16 bits per heavy atom. The van der Waals surface area contributed by atoms with Crippen LogP contribution in [-0.4, -0.2) is 37.1 Å². The average molecular weight is 261 g/mol. The molecular formula is C15H23N3O. The second kappa shape index (κ2) is 6.45. The smallest absolute Gasteiger partial charge is 0.321 e. The minimum Gasteiger partial charge on any atom is -0.372 e. The summed E-state index contributed by atoms with van der Waals surface area (Å²) in [6, 6.07) is 8.09. The summed E-state index contributed by atoms with van der Waals surface area (Å²) in [5.41, 5.74) is 2.07. The summed E-state index contributed by atoms with van der Waals surface area (Å²) in [6.07, 6.45) is 2.24. The molecule has 1 aromatic rings. The Kier molecular flexibility index (Phi) is 4.66. The van der Waals surface area contributed by atoms with Crippen LogP contribution < -0.4 is 10.2 Å². The van der Waals surface area contributed by atoms with Gasteiger partial charge in [-0.15, -0.1) is 0 Å². The molecule has 0 saturated carbocycles. The fourth-order valence-electron chi connectivity index (χ4n) is 2.47. The van der Waals surface area contributed by atoms with Crippen LogP contribution in [0.2, 0.25) is 0 Å². The highest BCUT2D eigenvalue weighted by Crippen LogP contribution is 2.18. The first kappa shape index (κ1) is 13.7. The molecule has 0 aromatic heterocycles. The van der Waals surface area contributed by atoms with Gasteiger partial charge in [0.25, 0.3) is 0 Å². The Bertz CT molecular complexity index is 406. The van der Waals surface area contributed by atoms with Crippen LogP contribution in [0.3, 0.4) is 0 Å². The van der Waals surface area contributed by atoms with Gasteiger partial charge in [0.2, 0.25) is 0 Å². The Hall–Kier alpha value is -1.71. The van der Waals surface area contributed by atoms with Gasteiger partial charge in [-0.3, -0.25) is 0 Å². The topological polar surface area (TPSA) is 35.6 Å². The maximum Gasteiger partial charge on any atom is 0.321 e. The molecule has 0 atom stereocenters. The third kappa shape index (κ3) is 3.40. The van der Waals surface area contributed by atoms with E-state index in [1.807, 2.05) is 17.0 Å². The number of anilines is 2. The van der Waals surface area contributed by atoms with Crippen LogP contribution in [0.25, 0.3) is 0 Å². The molecule has 0 aliphatic carbocycles. The molecule has 0 bridgehead atoms. The summed E-state index contributed by atoms with van der Waals surface area (Å²) in [5.74, 6) is 0. The van der Waals surface area contributed by atoms with E-state index < -0.39 is 0 Å². The van der Waals surface area contributed by atoms with E-state index in [1.165, 1.54) is 5.69 Å². The Labute approximate surface area is 115 Å².